The normalized spacial score (nSPS) is 12.5. The van der Waals surface area contributed by atoms with Crippen molar-refractivity contribution in [1.29, 1.82) is 5.41 Å². The van der Waals surface area contributed by atoms with Gasteiger partial charge < -0.3 is 25.4 Å². The van der Waals surface area contributed by atoms with E-state index in [-0.39, 0.29) is 11.9 Å². The third-order valence-corrected chi connectivity index (χ3v) is 6.18. The van der Waals surface area contributed by atoms with Crippen LogP contribution in [0.2, 0.25) is 0 Å². The summed E-state index contributed by atoms with van der Waals surface area (Å²) in [5.41, 5.74) is 7.85. The molecule has 0 fully saturated rings. The predicted octanol–water partition coefficient (Wildman–Crippen LogP) is 3.20. The third-order valence-electron chi connectivity index (χ3n) is 6.18. The lowest BCUT2D eigenvalue weighted by Crippen LogP contribution is -2.28. The number of ether oxygens (including phenoxy) is 2. The summed E-state index contributed by atoms with van der Waals surface area (Å²) in [6.45, 7) is 2.71. The van der Waals surface area contributed by atoms with Gasteiger partial charge in [-0.05, 0) is 75.1 Å². The molecule has 0 radical (unpaired) electrons. The Hall–Kier alpha value is -4.90. The highest BCUT2D eigenvalue weighted by atomic mass is 16.5. The minimum atomic E-state index is -0.623. The first kappa shape index (κ1) is 28.1. The first-order valence-electron chi connectivity index (χ1n) is 12.6. The van der Waals surface area contributed by atoms with Crippen LogP contribution in [0.1, 0.15) is 40.3 Å². The fourth-order valence-corrected chi connectivity index (χ4v) is 4.37. The van der Waals surface area contributed by atoms with Crippen molar-refractivity contribution in [2.45, 2.75) is 19.1 Å². The molecule has 0 saturated carbocycles. The molecule has 2 unspecified atom stereocenters. The molecule has 11 heteroatoms. The number of aldehydes is 1. The number of carbonyl (C=O) groups excluding carboxylic acids is 1. The van der Waals surface area contributed by atoms with Gasteiger partial charge in [-0.25, -0.2) is 4.79 Å². The second-order valence-electron chi connectivity index (χ2n) is 9.57. The number of para-hydroxylation sites is 1. The largest absolute Gasteiger partial charge is 0.493 e. The highest BCUT2D eigenvalue weighted by Gasteiger charge is 2.23. The van der Waals surface area contributed by atoms with Gasteiger partial charge in [-0.1, -0.05) is 18.2 Å². The third kappa shape index (κ3) is 6.38. The topological polar surface area (TPSA) is 151 Å². The molecular weight excluding hydrogens is 510 g/mol. The van der Waals surface area contributed by atoms with Crippen LogP contribution in [0.15, 0.2) is 71.5 Å². The number of nitrogens with one attached hydrogen (secondary N) is 3. The SMILES string of the molecule is COc1cc(C(Nc2ccc(C(=N)N)cc2)c2nn(-c3ccccc3C=O)c(=O)[nH]2)ccc1OC(C)CN(C)C. The zero-order valence-electron chi connectivity index (χ0n) is 22.8. The number of aromatic amines is 1. The molecule has 0 aliphatic heterocycles. The molecule has 40 heavy (non-hydrogen) atoms. The Morgan fingerprint density at radius 3 is 2.52 bits per heavy atom. The van der Waals surface area contributed by atoms with Crippen LogP contribution in [0.3, 0.4) is 0 Å². The van der Waals surface area contributed by atoms with Crippen molar-refractivity contribution in [3.05, 3.63) is 99.7 Å². The van der Waals surface area contributed by atoms with Gasteiger partial charge in [0.05, 0.1) is 12.8 Å². The van der Waals surface area contributed by atoms with Gasteiger partial charge in [0, 0.05) is 23.4 Å². The average Bonchev–Trinajstić information content (AvgIpc) is 3.32. The van der Waals surface area contributed by atoms with Crippen molar-refractivity contribution in [2.75, 3.05) is 33.1 Å². The average molecular weight is 544 g/mol. The molecule has 3 aromatic carbocycles. The Bertz CT molecular complexity index is 1540. The first-order chi connectivity index (χ1) is 19.2. The molecule has 1 heterocycles. The van der Waals surface area contributed by atoms with Crippen molar-refractivity contribution < 1.29 is 14.3 Å². The Balaban J connectivity index is 1.77. The second kappa shape index (κ2) is 12.3. The van der Waals surface area contributed by atoms with Crippen LogP contribution < -0.4 is 26.2 Å². The maximum absolute atomic E-state index is 13.0. The van der Waals surface area contributed by atoms with Crippen molar-refractivity contribution in [1.82, 2.24) is 19.7 Å². The molecule has 0 aliphatic rings. The Labute approximate surface area is 232 Å². The van der Waals surface area contributed by atoms with Gasteiger partial charge in [0.25, 0.3) is 0 Å². The molecule has 5 N–H and O–H groups in total. The number of benzene rings is 3. The minimum absolute atomic E-state index is 0.0381. The minimum Gasteiger partial charge on any atom is -0.493 e. The van der Waals surface area contributed by atoms with Gasteiger partial charge in [0.1, 0.15) is 18.0 Å². The number of methoxy groups -OCH3 is 1. The summed E-state index contributed by atoms with van der Waals surface area (Å²) in [6.07, 6.45) is 0.608. The standard InChI is InChI=1S/C29H33N7O4/c1-18(16-35(2)3)40-24-14-11-20(15-25(24)39-4)26(32-22-12-9-19(10-13-22)27(30)31)28-33-29(38)36(34-28)23-8-6-5-7-21(23)17-37/h5-15,17-18,26,32H,16H2,1-4H3,(H3,30,31)(H,33,34,38). The molecular formula is C29H33N7O4. The van der Waals surface area contributed by atoms with E-state index in [2.05, 4.69) is 15.4 Å². The molecule has 0 saturated heterocycles. The number of nitrogens with zero attached hydrogens (tertiary/aromatic N) is 3. The maximum Gasteiger partial charge on any atom is 0.348 e. The van der Waals surface area contributed by atoms with Gasteiger partial charge >= 0.3 is 5.69 Å². The molecule has 1 aromatic heterocycles. The number of likely N-dealkylation sites (N-methyl/N-ethyl adjacent to an activating group) is 1. The van der Waals surface area contributed by atoms with Crippen molar-refractivity contribution in [2.24, 2.45) is 5.73 Å². The molecule has 4 aromatic rings. The summed E-state index contributed by atoms with van der Waals surface area (Å²) >= 11 is 0. The van der Waals surface area contributed by atoms with Gasteiger partial charge in [-0.2, -0.15) is 4.68 Å². The fraction of sp³-hybridized carbons (Fsp3) is 0.241. The quantitative estimate of drug-likeness (QED) is 0.121. The molecule has 0 aliphatic carbocycles. The summed E-state index contributed by atoms with van der Waals surface area (Å²) in [6, 6.07) is 18.7. The number of hydrogen-bond donors (Lipinski definition) is 4. The summed E-state index contributed by atoms with van der Waals surface area (Å²) in [5, 5.41) is 15.6. The number of anilines is 1. The van der Waals surface area contributed by atoms with E-state index in [0.29, 0.717) is 46.1 Å². The zero-order chi connectivity index (χ0) is 28.8. The molecule has 0 amide bonds. The van der Waals surface area contributed by atoms with Gasteiger partial charge in [0.15, 0.2) is 23.6 Å². The Morgan fingerprint density at radius 2 is 1.88 bits per heavy atom. The number of amidine groups is 1. The van der Waals surface area contributed by atoms with E-state index in [4.69, 9.17) is 20.6 Å². The van der Waals surface area contributed by atoms with E-state index in [1.54, 1.807) is 55.6 Å². The number of carbonyl (C=O) groups is 1. The second-order valence-corrected chi connectivity index (χ2v) is 9.57. The molecule has 4 rings (SSSR count). The van der Waals surface area contributed by atoms with Crippen molar-refractivity contribution in [3.63, 3.8) is 0 Å². The zero-order valence-corrected chi connectivity index (χ0v) is 22.8. The summed E-state index contributed by atoms with van der Waals surface area (Å²) in [7, 11) is 5.53. The van der Waals surface area contributed by atoms with Crippen LogP contribution in [0, 0.1) is 5.41 Å². The fourth-order valence-electron chi connectivity index (χ4n) is 4.37. The van der Waals surface area contributed by atoms with Crippen LogP contribution in [0.5, 0.6) is 11.5 Å². The van der Waals surface area contributed by atoms with E-state index in [1.807, 2.05) is 44.1 Å². The number of aromatic nitrogens is 3. The number of hydrogen-bond acceptors (Lipinski definition) is 8. The summed E-state index contributed by atoms with van der Waals surface area (Å²) < 4.78 is 12.9. The number of nitrogen functional groups attached to an aromatic ring is 1. The number of nitrogens with two attached hydrogens (primary N) is 1. The van der Waals surface area contributed by atoms with Gasteiger partial charge in [-0.3, -0.25) is 15.2 Å². The first-order valence-corrected chi connectivity index (χ1v) is 12.6. The highest BCUT2D eigenvalue weighted by Crippen LogP contribution is 2.34. The van der Waals surface area contributed by atoms with E-state index < -0.39 is 11.7 Å². The summed E-state index contributed by atoms with van der Waals surface area (Å²) in [4.78, 5) is 29.5. The van der Waals surface area contributed by atoms with E-state index in [0.717, 1.165) is 12.1 Å². The number of H-pyrrole nitrogens is 1. The lowest BCUT2D eigenvalue weighted by Gasteiger charge is -2.22. The lowest BCUT2D eigenvalue weighted by molar-refractivity contribution is 0.112. The maximum atomic E-state index is 13.0. The molecule has 208 valence electrons. The molecule has 11 nitrogen and oxygen atoms in total. The van der Waals surface area contributed by atoms with Crippen molar-refractivity contribution in [3.8, 4) is 17.2 Å². The highest BCUT2D eigenvalue weighted by molar-refractivity contribution is 5.95. The van der Waals surface area contributed by atoms with E-state index in [9.17, 15) is 9.59 Å². The van der Waals surface area contributed by atoms with Crippen molar-refractivity contribution >= 4 is 17.8 Å². The Kier molecular flexibility index (Phi) is 8.65. The predicted molar refractivity (Wildman–Crippen MR) is 154 cm³/mol. The van der Waals surface area contributed by atoms with Crippen LogP contribution in [-0.4, -0.2) is 65.6 Å². The van der Waals surface area contributed by atoms with E-state index >= 15 is 0 Å². The molecule has 0 bridgehead atoms. The van der Waals surface area contributed by atoms with E-state index in [1.165, 1.54) is 4.68 Å². The van der Waals surface area contributed by atoms with Crippen LogP contribution in [-0.2, 0) is 0 Å². The Morgan fingerprint density at radius 1 is 1.15 bits per heavy atom. The van der Waals surface area contributed by atoms with Crippen LogP contribution in [0.25, 0.3) is 5.69 Å². The molecule has 0 spiro atoms. The van der Waals surface area contributed by atoms with Gasteiger partial charge in [-0.15, -0.1) is 5.10 Å². The monoisotopic (exact) mass is 543 g/mol. The van der Waals surface area contributed by atoms with Gasteiger partial charge in [0.2, 0.25) is 0 Å². The lowest BCUT2D eigenvalue weighted by atomic mass is 10.0. The van der Waals surface area contributed by atoms with Crippen LogP contribution in [0.4, 0.5) is 5.69 Å². The molecule has 2 atom stereocenters. The number of rotatable bonds is 12. The smallest absolute Gasteiger partial charge is 0.348 e. The summed E-state index contributed by atoms with van der Waals surface area (Å²) in [5.74, 6) is 1.39. The van der Waals surface area contributed by atoms with Crippen LogP contribution >= 0.6 is 0 Å².